The van der Waals surface area contributed by atoms with Gasteiger partial charge in [-0.3, -0.25) is 0 Å². The third-order valence-electron chi connectivity index (χ3n) is 1.31. The Labute approximate surface area is 82.7 Å². The highest BCUT2D eigenvalue weighted by molar-refractivity contribution is 8.01. The zero-order valence-electron chi connectivity index (χ0n) is 7.82. The highest BCUT2D eigenvalue weighted by Crippen LogP contribution is 2.15. The summed E-state index contributed by atoms with van der Waals surface area (Å²) in [5.41, 5.74) is 0. The average molecular weight is 199 g/mol. The minimum atomic E-state index is 0.569. The van der Waals surface area contributed by atoms with E-state index < -0.39 is 0 Å². The molecule has 1 heterocycles. The number of allylic oxidation sites excluding steroid dienone is 2. The molecule has 0 aromatic rings. The zero-order chi connectivity index (χ0) is 9.52. The molecule has 72 valence electrons. The van der Waals surface area contributed by atoms with E-state index in [0.29, 0.717) is 24.9 Å². The van der Waals surface area contributed by atoms with Gasteiger partial charge in [-0.25, -0.2) is 0 Å². The molecule has 1 aliphatic rings. The van der Waals surface area contributed by atoms with Crippen molar-refractivity contribution in [2.75, 3.05) is 13.2 Å². The van der Waals surface area contributed by atoms with Crippen LogP contribution in [-0.2, 0) is 9.47 Å². The molecule has 0 aromatic carbocycles. The van der Waals surface area contributed by atoms with Crippen LogP contribution in [0.3, 0.4) is 0 Å². The molecular weight excluding hydrogens is 186 g/mol. The molecular formula is C9H13NO2S. The van der Waals surface area contributed by atoms with Crippen molar-refractivity contribution < 1.29 is 9.47 Å². The Hall–Kier alpha value is -0.900. The molecule has 0 bridgehead atoms. The molecule has 1 aliphatic heterocycles. The lowest BCUT2D eigenvalue weighted by Gasteiger charge is -2.09. The van der Waals surface area contributed by atoms with E-state index in [9.17, 15) is 0 Å². The van der Waals surface area contributed by atoms with Gasteiger partial charge in [0, 0.05) is 11.9 Å². The maximum atomic E-state index is 5.37. The summed E-state index contributed by atoms with van der Waals surface area (Å²) in [5, 5.41) is 1.88. The Morgan fingerprint density at radius 1 is 1.31 bits per heavy atom. The van der Waals surface area contributed by atoms with Crippen molar-refractivity contribution in [1.29, 1.82) is 0 Å². The molecule has 0 saturated heterocycles. The van der Waals surface area contributed by atoms with Crippen LogP contribution in [0.15, 0.2) is 27.7 Å². The van der Waals surface area contributed by atoms with E-state index in [4.69, 9.17) is 9.47 Å². The Balaban J connectivity index is 2.71. The fourth-order valence-electron chi connectivity index (χ4n) is 0.856. The molecule has 0 atom stereocenters. The first-order chi connectivity index (χ1) is 6.38. The number of hydrogen-bond donors (Lipinski definition) is 0. The van der Waals surface area contributed by atoms with Crippen molar-refractivity contribution in [2.45, 2.75) is 13.8 Å². The van der Waals surface area contributed by atoms with Crippen molar-refractivity contribution in [3.05, 3.63) is 23.3 Å². The van der Waals surface area contributed by atoms with Gasteiger partial charge in [-0.05, 0) is 25.3 Å². The Morgan fingerprint density at radius 2 is 2.08 bits per heavy atom. The summed E-state index contributed by atoms with van der Waals surface area (Å²) in [6.45, 7) is 5.08. The fraction of sp³-hybridized carbons (Fsp3) is 0.444. The number of nitrogens with zero attached hydrogens (tertiary/aromatic N) is 1. The maximum Gasteiger partial charge on any atom is 0.264 e. The number of rotatable bonds is 3. The normalized spacial score (nSPS) is 15.8. The molecule has 0 fully saturated rings. The van der Waals surface area contributed by atoms with E-state index in [0.717, 1.165) is 0 Å². The van der Waals surface area contributed by atoms with Gasteiger partial charge in [0.2, 0.25) is 0 Å². The van der Waals surface area contributed by atoms with Crippen molar-refractivity contribution in [3.8, 4) is 0 Å². The summed E-state index contributed by atoms with van der Waals surface area (Å²) in [6, 6.07) is 0. The van der Waals surface area contributed by atoms with E-state index in [1.54, 1.807) is 0 Å². The van der Waals surface area contributed by atoms with Crippen LogP contribution in [0.25, 0.3) is 0 Å². The third-order valence-corrected chi connectivity index (χ3v) is 1.86. The second kappa shape index (κ2) is 5.70. The van der Waals surface area contributed by atoms with Gasteiger partial charge >= 0.3 is 0 Å². The van der Waals surface area contributed by atoms with Crippen molar-refractivity contribution >= 4 is 17.8 Å². The molecule has 0 spiro atoms. The van der Waals surface area contributed by atoms with E-state index >= 15 is 0 Å². The van der Waals surface area contributed by atoms with Gasteiger partial charge in [-0.2, -0.15) is 4.40 Å². The van der Waals surface area contributed by atoms with Gasteiger partial charge < -0.3 is 9.47 Å². The van der Waals surface area contributed by atoms with Crippen LogP contribution < -0.4 is 0 Å². The number of hydrogen-bond acceptors (Lipinski definition) is 4. The highest BCUT2D eigenvalue weighted by Gasteiger charge is 2.09. The van der Waals surface area contributed by atoms with Crippen LogP contribution in [-0.4, -0.2) is 19.1 Å². The molecule has 0 saturated carbocycles. The lowest BCUT2D eigenvalue weighted by Crippen LogP contribution is -2.10. The summed E-state index contributed by atoms with van der Waals surface area (Å²) in [7, 11) is 0. The van der Waals surface area contributed by atoms with Gasteiger partial charge in [0.15, 0.2) is 5.76 Å². The van der Waals surface area contributed by atoms with Crippen molar-refractivity contribution in [2.24, 2.45) is 4.40 Å². The van der Waals surface area contributed by atoms with Gasteiger partial charge in [0.25, 0.3) is 5.90 Å². The van der Waals surface area contributed by atoms with Crippen molar-refractivity contribution in [1.82, 2.24) is 0 Å². The van der Waals surface area contributed by atoms with Crippen molar-refractivity contribution in [3.63, 3.8) is 0 Å². The second-order valence-corrected chi connectivity index (χ2v) is 2.89. The lowest BCUT2D eigenvalue weighted by molar-refractivity contribution is 0.224. The first kappa shape index (κ1) is 10.2. The quantitative estimate of drug-likeness (QED) is 0.654. The van der Waals surface area contributed by atoms with Crippen LogP contribution >= 0.6 is 11.9 Å². The number of ether oxygens (including phenoxy) is 2. The minimum absolute atomic E-state index is 0.569. The summed E-state index contributed by atoms with van der Waals surface area (Å²) in [4.78, 5) is 0. The topological polar surface area (TPSA) is 30.8 Å². The van der Waals surface area contributed by atoms with Gasteiger partial charge in [-0.15, -0.1) is 0 Å². The zero-order valence-corrected chi connectivity index (χ0v) is 8.63. The molecule has 3 nitrogen and oxygen atoms in total. The third kappa shape index (κ3) is 3.14. The van der Waals surface area contributed by atoms with E-state index in [2.05, 4.69) is 4.40 Å². The van der Waals surface area contributed by atoms with Crippen LogP contribution in [0, 0.1) is 0 Å². The summed E-state index contributed by atoms with van der Waals surface area (Å²) >= 11 is 1.34. The minimum Gasteiger partial charge on any atom is -0.488 e. The smallest absolute Gasteiger partial charge is 0.264 e. The Kier molecular flexibility index (Phi) is 4.46. The molecule has 0 aromatic heterocycles. The fourth-order valence-corrected chi connectivity index (χ4v) is 1.30. The van der Waals surface area contributed by atoms with Gasteiger partial charge in [0.05, 0.1) is 13.2 Å². The molecule has 0 unspecified atom stereocenters. The molecule has 0 radical (unpaired) electrons. The molecule has 1 rings (SSSR count). The summed E-state index contributed by atoms with van der Waals surface area (Å²) in [5.74, 6) is 1.27. The lowest BCUT2D eigenvalue weighted by atomic mass is 10.4. The summed E-state index contributed by atoms with van der Waals surface area (Å²) in [6.07, 6.45) is 3.75. The van der Waals surface area contributed by atoms with Gasteiger partial charge in [0.1, 0.15) is 0 Å². The molecule has 13 heavy (non-hydrogen) atoms. The van der Waals surface area contributed by atoms with Crippen LogP contribution in [0.2, 0.25) is 0 Å². The first-order valence-electron chi connectivity index (χ1n) is 4.25. The molecule has 4 heteroatoms. The standard InChI is InChI=1S/C9H13NO2S/c1-3-11-8-6-5-7-13-10-9(8)12-4-2/h5-7H,3-4H2,1-2H3. The van der Waals surface area contributed by atoms with E-state index in [1.807, 2.05) is 31.4 Å². The van der Waals surface area contributed by atoms with E-state index in [1.165, 1.54) is 11.9 Å². The SMILES string of the molecule is CCOC1=CC=CSN=C1OCC. The Morgan fingerprint density at radius 3 is 2.77 bits per heavy atom. The monoisotopic (exact) mass is 199 g/mol. The second-order valence-electron chi connectivity index (χ2n) is 2.23. The van der Waals surface area contributed by atoms with Crippen LogP contribution in [0.1, 0.15) is 13.8 Å². The predicted molar refractivity (Wildman–Crippen MR) is 55.5 cm³/mol. The molecule has 0 N–H and O–H groups in total. The molecule has 0 aliphatic carbocycles. The maximum absolute atomic E-state index is 5.37. The predicted octanol–water partition coefficient (Wildman–Crippen LogP) is 2.52. The molecule has 0 amide bonds. The van der Waals surface area contributed by atoms with Crippen LogP contribution in [0.4, 0.5) is 0 Å². The highest BCUT2D eigenvalue weighted by atomic mass is 32.2. The van der Waals surface area contributed by atoms with Crippen LogP contribution in [0.5, 0.6) is 0 Å². The average Bonchev–Trinajstić information content (AvgIpc) is 2.33. The largest absolute Gasteiger partial charge is 0.488 e. The Bertz CT molecular complexity index is 246. The van der Waals surface area contributed by atoms with Gasteiger partial charge in [-0.1, -0.05) is 6.08 Å². The summed E-state index contributed by atoms with van der Waals surface area (Å²) < 4.78 is 14.8. The first-order valence-corrected chi connectivity index (χ1v) is 5.08. The van der Waals surface area contributed by atoms with E-state index in [-0.39, 0.29) is 0 Å².